The summed E-state index contributed by atoms with van der Waals surface area (Å²) in [5.41, 5.74) is 1.38. The predicted octanol–water partition coefficient (Wildman–Crippen LogP) is 1.87. The fourth-order valence-corrected chi connectivity index (χ4v) is 2.13. The molecule has 22 heavy (non-hydrogen) atoms. The standard InChI is InChI=1S/C15H10N2O5/c18-13(14(19)20)17(9-4-2-1-3-5-9)10-6-7-11-12(8-10)22-15(21)16-11/h1-8H,(H,16,21)(H,19,20). The molecule has 0 unspecified atom stereocenters. The summed E-state index contributed by atoms with van der Waals surface area (Å²) in [7, 11) is 0. The third kappa shape index (κ3) is 2.35. The first-order valence-corrected chi connectivity index (χ1v) is 6.31. The minimum atomic E-state index is -1.58. The molecule has 0 spiro atoms. The van der Waals surface area contributed by atoms with Gasteiger partial charge in [0.15, 0.2) is 5.58 Å². The van der Waals surface area contributed by atoms with E-state index in [0.717, 1.165) is 4.90 Å². The van der Waals surface area contributed by atoms with Crippen LogP contribution in [-0.2, 0) is 9.59 Å². The quantitative estimate of drug-likeness (QED) is 0.703. The van der Waals surface area contributed by atoms with Gasteiger partial charge in [0, 0.05) is 11.8 Å². The highest BCUT2D eigenvalue weighted by atomic mass is 16.4. The molecule has 7 heteroatoms. The number of anilines is 2. The number of H-pyrrole nitrogens is 1. The van der Waals surface area contributed by atoms with Gasteiger partial charge < -0.3 is 9.52 Å². The van der Waals surface area contributed by atoms with Crippen molar-refractivity contribution >= 4 is 34.4 Å². The van der Waals surface area contributed by atoms with Crippen LogP contribution in [0.5, 0.6) is 0 Å². The number of benzene rings is 2. The molecule has 2 N–H and O–H groups in total. The molecule has 3 aromatic rings. The minimum Gasteiger partial charge on any atom is -0.474 e. The first-order valence-electron chi connectivity index (χ1n) is 6.31. The van der Waals surface area contributed by atoms with E-state index in [4.69, 9.17) is 9.52 Å². The van der Waals surface area contributed by atoms with E-state index < -0.39 is 17.6 Å². The number of carbonyl (C=O) groups excluding carboxylic acids is 1. The van der Waals surface area contributed by atoms with Crippen LogP contribution < -0.4 is 10.7 Å². The molecule has 0 atom stereocenters. The van der Waals surface area contributed by atoms with Gasteiger partial charge in [0.25, 0.3) is 0 Å². The van der Waals surface area contributed by atoms with E-state index in [2.05, 4.69) is 4.98 Å². The van der Waals surface area contributed by atoms with Crippen molar-refractivity contribution in [1.82, 2.24) is 4.98 Å². The van der Waals surface area contributed by atoms with Crippen molar-refractivity contribution in [3.63, 3.8) is 0 Å². The lowest BCUT2D eigenvalue weighted by Crippen LogP contribution is -2.32. The van der Waals surface area contributed by atoms with Crippen molar-refractivity contribution in [2.45, 2.75) is 0 Å². The van der Waals surface area contributed by atoms with Crippen LogP contribution in [0.25, 0.3) is 11.1 Å². The van der Waals surface area contributed by atoms with E-state index >= 15 is 0 Å². The normalized spacial score (nSPS) is 10.5. The zero-order chi connectivity index (χ0) is 15.7. The monoisotopic (exact) mass is 298 g/mol. The highest BCUT2D eigenvalue weighted by Crippen LogP contribution is 2.28. The number of carbonyl (C=O) groups is 2. The maximum atomic E-state index is 12.0. The molecule has 110 valence electrons. The molecular weight excluding hydrogens is 288 g/mol. The third-order valence-corrected chi connectivity index (χ3v) is 3.06. The molecule has 1 aromatic heterocycles. The topological polar surface area (TPSA) is 104 Å². The van der Waals surface area contributed by atoms with Crippen molar-refractivity contribution in [1.29, 1.82) is 0 Å². The van der Waals surface area contributed by atoms with Gasteiger partial charge in [0.1, 0.15) is 0 Å². The van der Waals surface area contributed by atoms with Crippen LogP contribution in [0.15, 0.2) is 57.7 Å². The summed E-state index contributed by atoms with van der Waals surface area (Å²) < 4.78 is 4.94. The Balaban J connectivity index is 2.16. The molecule has 7 nitrogen and oxygen atoms in total. The first-order chi connectivity index (χ1) is 10.6. The largest absolute Gasteiger partial charge is 0.474 e. The molecule has 0 radical (unpaired) electrons. The molecule has 0 saturated heterocycles. The number of aliphatic carboxylic acids is 1. The van der Waals surface area contributed by atoms with Gasteiger partial charge in [-0.15, -0.1) is 0 Å². The number of fused-ring (bicyclic) bond motifs is 1. The maximum absolute atomic E-state index is 12.0. The molecule has 0 bridgehead atoms. The number of nitrogens with one attached hydrogen (secondary N) is 1. The number of aromatic amines is 1. The summed E-state index contributed by atoms with van der Waals surface area (Å²) >= 11 is 0. The van der Waals surface area contributed by atoms with Crippen LogP contribution in [-0.4, -0.2) is 22.0 Å². The Bertz CT molecular complexity index is 910. The van der Waals surface area contributed by atoms with E-state index in [9.17, 15) is 14.4 Å². The molecule has 0 fully saturated rings. The van der Waals surface area contributed by atoms with Crippen molar-refractivity contribution < 1.29 is 19.1 Å². The lowest BCUT2D eigenvalue weighted by molar-refractivity contribution is -0.148. The Morgan fingerprint density at radius 2 is 1.77 bits per heavy atom. The Morgan fingerprint density at radius 1 is 1.05 bits per heavy atom. The van der Waals surface area contributed by atoms with Crippen LogP contribution in [0.4, 0.5) is 11.4 Å². The van der Waals surface area contributed by atoms with E-state index in [1.807, 2.05) is 0 Å². The number of nitrogens with zero attached hydrogens (tertiary/aromatic N) is 1. The number of carboxylic acid groups (broad SMARTS) is 1. The number of rotatable bonds is 2. The van der Waals surface area contributed by atoms with Crippen LogP contribution in [0, 0.1) is 0 Å². The van der Waals surface area contributed by atoms with Crippen LogP contribution in [0.1, 0.15) is 0 Å². The number of para-hydroxylation sites is 1. The number of hydrogen-bond acceptors (Lipinski definition) is 4. The Morgan fingerprint density at radius 3 is 2.45 bits per heavy atom. The van der Waals surface area contributed by atoms with Gasteiger partial charge >= 0.3 is 17.6 Å². The second-order valence-electron chi connectivity index (χ2n) is 4.48. The molecule has 0 aliphatic heterocycles. The molecular formula is C15H10N2O5. The predicted molar refractivity (Wildman–Crippen MR) is 78.1 cm³/mol. The van der Waals surface area contributed by atoms with Gasteiger partial charge in [-0.05, 0) is 24.3 Å². The average molecular weight is 298 g/mol. The van der Waals surface area contributed by atoms with Gasteiger partial charge in [0.05, 0.1) is 11.2 Å². The Kier molecular flexibility index (Phi) is 3.23. The number of aromatic nitrogens is 1. The second kappa shape index (κ2) is 5.21. The molecule has 0 aliphatic rings. The van der Waals surface area contributed by atoms with Gasteiger partial charge in [-0.25, -0.2) is 9.59 Å². The molecule has 1 heterocycles. The van der Waals surface area contributed by atoms with Gasteiger partial charge in [-0.3, -0.25) is 14.7 Å². The fourth-order valence-electron chi connectivity index (χ4n) is 2.13. The maximum Gasteiger partial charge on any atom is 0.417 e. The smallest absolute Gasteiger partial charge is 0.417 e. The summed E-state index contributed by atoms with van der Waals surface area (Å²) in [6.07, 6.45) is 0. The van der Waals surface area contributed by atoms with Gasteiger partial charge in [0.2, 0.25) is 0 Å². The lowest BCUT2D eigenvalue weighted by atomic mass is 10.2. The van der Waals surface area contributed by atoms with Gasteiger partial charge in [-0.1, -0.05) is 18.2 Å². The van der Waals surface area contributed by atoms with E-state index in [0.29, 0.717) is 11.2 Å². The Hall–Kier alpha value is -3.35. The highest BCUT2D eigenvalue weighted by molar-refractivity contribution is 6.39. The first kappa shape index (κ1) is 13.6. The molecule has 0 saturated carbocycles. The molecule has 3 rings (SSSR count). The van der Waals surface area contributed by atoms with Crippen LogP contribution in [0.3, 0.4) is 0 Å². The number of hydrogen-bond donors (Lipinski definition) is 2. The van der Waals surface area contributed by atoms with Crippen molar-refractivity contribution in [3.05, 3.63) is 59.1 Å². The Labute approximate surface area is 123 Å². The summed E-state index contributed by atoms with van der Waals surface area (Å²) in [4.78, 5) is 37.8. The van der Waals surface area contributed by atoms with Crippen molar-refractivity contribution in [2.24, 2.45) is 0 Å². The summed E-state index contributed by atoms with van der Waals surface area (Å²) in [6.45, 7) is 0. The second-order valence-corrected chi connectivity index (χ2v) is 4.48. The summed E-state index contributed by atoms with van der Waals surface area (Å²) in [5, 5.41) is 9.02. The van der Waals surface area contributed by atoms with E-state index in [1.165, 1.54) is 12.1 Å². The van der Waals surface area contributed by atoms with Crippen LogP contribution >= 0.6 is 0 Å². The molecule has 0 aliphatic carbocycles. The number of amides is 1. The summed E-state index contributed by atoms with van der Waals surface area (Å²) in [6, 6.07) is 12.8. The molecule has 1 amide bonds. The zero-order valence-corrected chi connectivity index (χ0v) is 11.1. The third-order valence-electron chi connectivity index (χ3n) is 3.06. The fraction of sp³-hybridized carbons (Fsp3) is 0. The molecule has 2 aromatic carbocycles. The summed E-state index contributed by atoms with van der Waals surface area (Å²) in [5.74, 6) is -3.31. The minimum absolute atomic E-state index is 0.238. The SMILES string of the molecule is O=C(O)C(=O)N(c1ccccc1)c1ccc2[nH]c(=O)oc2c1. The van der Waals surface area contributed by atoms with Crippen molar-refractivity contribution in [3.8, 4) is 0 Å². The van der Waals surface area contributed by atoms with Gasteiger partial charge in [-0.2, -0.15) is 0 Å². The number of oxazole rings is 1. The van der Waals surface area contributed by atoms with E-state index in [1.54, 1.807) is 36.4 Å². The average Bonchev–Trinajstić information content (AvgIpc) is 2.88. The number of carboxylic acids is 1. The van der Waals surface area contributed by atoms with E-state index in [-0.39, 0.29) is 11.3 Å². The zero-order valence-electron chi connectivity index (χ0n) is 11.1. The van der Waals surface area contributed by atoms with Crippen LogP contribution in [0.2, 0.25) is 0 Å². The lowest BCUT2D eigenvalue weighted by Gasteiger charge is -2.20. The van der Waals surface area contributed by atoms with Crippen molar-refractivity contribution in [2.75, 3.05) is 4.90 Å². The highest BCUT2D eigenvalue weighted by Gasteiger charge is 2.24.